The van der Waals surface area contributed by atoms with E-state index in [2.05, 4.69) is 0 Å². The lowest BCUT2D eigenvalue weighted by Gasteiger charge is -2.06. The van der Waals surface area contributed by atoms with Crippen LogP contribution in [0.2, 0.25) is 0 Å². The van der Waals surface area contributed by atoms with Gasteiger partial charge in [0.1, 0.15) is 5.76 Å². The highest BCUT2D eigenvalue weighted by Crippen LogP contribution is 2.34. The topological polar surface area (TPSA) is 82.2 Å². The Bertz CT molecular complexity index is 563. The third-order valence-electron chi connectivity index (χ3n) is 2.30. The van der Waals surface area contributed by atoms with E-state index in [1.54, 1.807) is 24.5 Å². The molecule has 0 aliphatic rings. The highest BCUT2D eigenvalue weighted by molar-refractivity contribution is 7.99. The summed E-state index contributed by atoms with van der Waals surface area (Å²) in [6.45, 7) is 1.86. The molecule has 1 amide bonds. The van der Waals surface area contributed by atoms with Crippen LogP contribution in [0.4, 0.5) is 5.69 Å². The first-order valence-corrected chi connectivity index (χ1v) is 5.81. The summed E-state index contributed by atoms with van der Waals surface area (Å²) in [7, 11) is 0. The van der Waals surface area contributed by atoms with Crippen molar-refractivity contribution < 1.29 is 9.21 Å². The molecule has 0 unspecified atom stereocenters. The molecule has 17 heavy (non-hydrogen) atoms. The smallest absolute Gasteiger partial charge is 0.249 e. The Hall–Kier alpha value is -1.88. The Morgan fingerprint density at radius 2 is 2.06 bits per heavy atom. The number of furan rings is 1. The largest absolute Gasteiger partial charge is 0.468 e. The third-order valence-corrected chi connectivity index (χ3v) is 3.50. The number of primary amides is 1. The van der Waals surface area contributed by atoms with Crippen LogP contribution in [0.5, 0.6) is 0 Å². The van der Waals surface area contributed by atoms with Crippen LogP contribution in [0.25, 0.3) is 0 Å². The zero-order valence-electron chi connectivity index (χ0n) is 9.27. The standard InChI is InChI=1S/C12H12N2O2S/c1-7-10(4-5-16-7)17-11-6-8(13)2-3-9(11)12(14)15/h2-6H,13H2,1H3,(H2,14,15). The molecule has 0 saturated heterocycles. The highest BCUT2D eigenvalue weighted by Gasteiger charge is 2.12. The van der Waals surface area contributed by atoms with E-state index in [9.17, 15) is 4.79 Å². The van der Waals surface area contributed by atoms with Gasteiger partial charge in [0.15, 0.2) is 0 Å². The van der Waals surface area contributed by atoms with Gasteiger partial charge in [0, 0.05) is 10.6 Å². The van der Waals surface area contributed by atoms with Crippen LogP contribution >= 0.6 is 11.8 Å². The summed E-state index contributed by atoms with van der Waals surface area (Å²) in [5, 5.41) is 0. The summed E-state index contributed by atoms with van der Waals surface area (Å²) in [4.78, 5) is 13.0. The Morgan fingerprint density at radius 3 is 2.65 bits per heavy atom. The number of nitrogen functional groups attached to an aromatic ring is 1. The molecule has 0 aliphatic heterocycles. The zero-order chi connectivity index (χ0) is 12.4. The van der Waals surface area contributed by atoms with E-state index in [4.69, 9.17) is 15.9 Å². The van der Waals surface area contributed by atoms with Gasteiger partial charge in [-0.1, -0.05) is 11.8 Å². The van der Waals surface area contributed by atoms with Crippen molar-refractivity contribution in [2.75, 3.05) is 5.73 Å². The monoisotopic (exact) mass is 248 g/mol. The first-order valence-electron chi connectivity index (χ1n) is 4.99. The molecule has 1 heterocycles. The number of carbonyl (C=O) groups is 1. The molecule has 2 aromatic rings. The molecule has 0 radical (unpaired) electrons. The zero-order valence-corrected chi connectivity index (χ0v) is 10.1. The molecule has 88 valence electrons. The molecule has 0 aliphatic carbocycles. The summed E-state index contributed by atoms with van der Waals surface area (Å²) in [5.74, 6) is 0.335. The lowest BCUT2D eigenvalue weighted by atomic mass is 10.2. The normalized spacial score (nSPS) is 10.4. The number of carbonyl (C=O) groups excluding carboxylic acids is 1. The number of amides is 1. The third kappa shape index (κ3) is 2.45. The van der Waals surface area contributed by atoms with Gasteiger partial charge in [0.05, 0.1) is 16.7 Å². The molecule has 4 nitrogen and oxygen atoms in total. The lowest BCUT2D eigenvalue weighted by Crippen LogP contribution is -2.12. The minimum absolute atomic E-state index is 0.463. The molecular weight excluding hydrogens is 236 g/mol. The molecule has 4 N–H and O–H groups in total. The summed E-state index contributed by atoms with van der Waals surface area (Å²) >= 11 is 1.42. The van der Waals surface area contributed by atoms with Gasteiger partial charge in [-0.05, 0) is 31.2 Å². The van der Waals surface area contributed by atoms with Gasteiger partial charge in [0.25, 0.3) is 0 Å². The van der Waals surface area contributed by atoms with Crippen molar-refractivity contribution in [3.05, 3.63) is 41.9 Å². The predicted octanol–water partition coefficient (Wildman–Crippen LogP) is 2.42. The number of nitrogens with two attached hydrogens (primary N) is 2. The summed E-state index contributed by atoms with van der Waals surface area (Å²) in [6.07, 6.45) is 1.61. The number of hydrogen-bond acceptors (Lipinski definition) is 4. The van der Waals surface area contributed by atoms with Gasteiger partial charge in [0.2, 0.25) is 5.91 Å². The maximum Gasteiger partial charge on any atom is 0.249 e. The first-order chi connectivity index (χ1) is 8.08. The number of aryl methyl sites for hydroxylation is 1. The van der Waals surface area contributed by atoms with Crippen molar-refractivity contribution in [1.82, 2.24) is 0 Å². The van der Waals surface area contributed by atoms with E-state index in [1.165, 1.54) is 11.8 Å². The van der Waals surface area contributed by atoms with Crippen molar-refractivity contribution in [3.8, 4) is 0 Å². The summed E-state index contributed by atoms with van der Waals surface area (Å²) < 4.78 is 5.20. The second-order valence-electron chi connectivity index (χ2n) is 3.56. The van der Waals surface area contributed by atoms with Gasteiger partial charge in [-0.15, -0.1) is 0 Å². The Balaban J connectivity index is 2.41. The van der Waals surface area contributed by atoms with E-state index in [0.29, 0.717) is 11.3 Å². The Labute approximate surface area is 103 Å². The molecular formula is C12H12N2O2S. The quantitative estimate of drug-likeness (QED) is 0.817. The van der Waals surface area contributed by atoms with Crippen LogP contribution in [0.15, 0.2) is 44.7 Å². The van der Waals surface area contributed by atoms with Crippen LogP contribution in [0, 0.1) is 6.92 Å². The van der Waals surface area contributed by atoms with Crippen molar-refractivity contribution >= 4 is 23.4 Å². The minimum Gasteiger partial charge on any atom is -0.468 e. The Kier molecular flexibility index (Phi) is 3.10. The van der Waals surface area contributed by atoms with E-state index in [1.807, 2.05) is 13.0 Å². The van der Waals surface area contributed by atoms with Gasteiger partial charge in [-0.25, -0.2) is 0 Å². The Morgan fingerprint density at radius 1 is 1.29 bits per heavy atom. The second kappa shape index (κ2) is 4.55. The molecule has 0 spiro atoms. The van der Waals surface area contributed by atoms with Gasteiger partial charge in [-0.3, -0.25) is 4.79 Å². The minimum atomic E-state index is -0.464. The molecule has 0 saturated carbocycles. The SMILES string of the molecule is Cc1occc1Sc1cc(N)ccc1C(N)=O. The highest BCUT2D eigenvalue weighted by atomic mass is 32.2. The maximum absolute atomic E-state index is 11.3. The molecule has 5 heteroatoms. The van der Waals surface area contributed by atoms with Gasteiger partial charge >= 0.3 is 0 Å². The molecule has 2 rings (SSSR count). The molecule has 1 aromatic carbocycles. The fourth-order valence-corrected chi connectivity index (χ4v) is 2.45. The van der Waals surface area contributed by atoms with Crippen LogP contribution in [-0.4, -0.2) is 5.91 Å². The van der Waals surface area contributed by atoms with E-state index in [-0.39, 0.29) is 0 Å². The fourth-order valence-electron chi connectivity index (χ4n) is 1.42. The fraction of sp³-hybridized carbons (Fsp3) is 0.0833. The predicted molar refractivity (Wildman–Crippen MR) is 66.9 cm³/mol. The first kappa shape index (κ1) is 11.6. The van der Waals surface area contributed by atoms with E-state index < -0.39 is 5.91 Å². The van der Waals surface area contributed by atoms with Crippen molar-refractivity contribution in [3.63, 3.8) is 0 Å². The van der Waals surface area contributed by atoms with Crippen molar-refractivity contribution in [2.45, 2.75) is 16.7 Å². The molecule has 0 fully saturated rings. The van der Waals surface area contributed by atoms with Crippen molar-refractivity contribution in [2.24, 2.45) is 5.73 Å². The number of anilines is 1. The summed E-state index contributed by atoms with van der Waals surface area (Å²) in [6, 6.07) is 6.87. The molecule has 0 bridgehead atoms. The molecule has 0 atom stereocenters. The summed E-state index contributed by atoms with van der Waals surface area (Å²) in [5.41, 5.74) is 12.1. The number of benzene rings is 1. The van der Waals surface area contributed by atoms with Crippen LogP contribution in [-0.2, 0) is 0 Å². The average Bonchev–Trinajstić information content (AvgIpc) is 2.64. The average molecular weight is 248 g/mol. The van der Waals surface area contributed by atoms with Crippen LogP contribution in [0.3, 0.4) is 0 Å². The maximum atomic E-state index is 11.3. The number of hydrogen-bond donors (Lipinski definition) is 2. The van der Waals surface area contributed by atoms with Gasteiger partial charge in [-0.2, -0.15) is 0 Å². The van der Waals surface area contributed by atoms with Crippen molar-refractivity contribution in [1.29, 1.82) is 0 Å². The van der Waals surface area contributed by atoms with E-state index >= 15 is 0 Å². The number of rotatable bonds is 3. The second-order valence-corrected chi connectivity index (χ2v) is 4.65. The van der Waals surface area contributed by atoms with Crippen LogP contribution in [0.1, 0.15) is 16.1 Å². The van der Waals surface area contributed by atoms with E-state index in [0.717, 1.165) is 15.6 Å². The van der Waals surface area contributed by atoms with Gasteiger partial charge < -0.3 is 15.9 Å². The molecule has 1 aromatic heterocycles. The lowest BCUT2D eigenvalue weighted by molar-refractivity contribution is 0.0997. The van der Waals surface area contributed by atoms with Crippen LogP contribution < -0.4 is 11.5 Å².